The van der Waals surface area contributed by atoms with Crippen molar-refractivity contribution in [1.29, 1.82) is 0 Å². The second-order valence-corrected chi connectivity index (χ2v) is 4.72. The minimum atomic E-state index is -1.07. The van der Waals surface area contributed by atoms with E-state index in [0.29, 0.717) is 11.3 Å². The van der Waals surface area contributed by atoms with Gasteiger partial charge in [0.25, 0.3) is 0 Å². The molecule has 2 rings (SSSR count). The Hall–Kier alpha value is -1.69. The molecular formula is C13H16F2N2O2. The highest BCUT2D eigenvalue weighted by Crippen LogP contribution is 2.31. The summed E-state index contributed by atoms with van der Waals surface area (Å²) in [6.07, 6.45) is 1.64. The fraction of sp³-hybridized carbons (Fsp3) is 0.462. The van der Waals surface area contributed by atoms with Gasteiger partial charge in [0.2, 0.25) is 0 Å². The molecule has 0 radical (unpaired) electrons. The maximum Gasteiger partial charge on any atom is 0.305 e. The fourth-order valence-electron chi connectivity index (χ4n) is 2.38. The van der Waals surface area contributed by atoms with Gasteiger partial charge in [-0.05, 0) is 24.5 Å². The molecule has 0 aliphatic carbocycles. The maximum atomic E-state index is 13.4. The SMILES string of the molecule is NC(CC(=O)O)c1cc(F)c(F)cc1N1CCCC1. The largest absolute Gasteiger partial charge is 0.481 e. The van der Waals surface area contributed by atoms with Crippen LogP contribution in [0.1, 0.15) is 30.9 Å². The zero-order valence-corrected chi connectivity index (χ0v) is 10.4. The van der Waals surface area contributed by atoms with Crippen molar-refractivity contribution in [3.8, 4) is 0 Å². The lowest BCUT2D eigenvalue weighted by atomic mass is 10.0. The van der Waals surface area contributed by atoms with Gasteiger partial charge in [-0.3, -0.25) is 4.79 Å². The summed E-state index contributed by atoms with van der Waals surface area (Å²) in [5, 5.41) is 8.76. The van der Waals surface area contributed by atoms with Gasteiger partial charge in [-0.1, -0.05) is 0 Å². The Bertz CT molecular complexity index is 488. The second kappa shape index (κ2) is 5.52. The van der Waals surface area contributed by atoms with Gasteiger partial charge in [-0.15, -0.1) is 0 Å². The van der Waals surface area contributed by atoms with Gasteiger partial charge in [0.05, 0.1) is 6.42 Å². The molecule has 3 N–H and O–H groups in total. The van der Waals surface area contributed by atoms with Crippen molar-refractivity contribution >= 4 is 11.7 Å². The molecule has 0 bridgehead atoms. The second-order valence-electron chi connectivity index (χ2n) is 4.72. The number of hydrogen-bond acceptors (Lipinski definition) is 3. The standard InChI is InChI=1S/C13H16F2N2O2/c14-9-5-8(11(16)7-13(18)19)12(6-10(9)15)17-3-1-2-4-17/h5-6,11H,1-4,7,16H2,(H,18,19). The number of hydrogen-bond donors (Lipinski definition) is 2. The van der Waals surface area contributed by atoms with Gasteiger partial charge in [0.1, 0.15) is 0 Å². The molecule has 1 aromatic rings. The third-order valence-electron chi connectivity index (χ3n) is 3.31. The van der Waals surface area contributed by atoms with Gasteiger partial charge >= 0.3 is 5.97 Å². The zero-order valence-electron chi connectivity index (χ0n) is 10.4. The van der Waals surface area contributed by atoms with E-state index in [1.807, 2.05) is 4.90 Å². The third kappa shape index (κ3) is 3.01. The molecule has 0 aromatic heterocycles. The summed E-state index contributed by atoms with van der Waals surface area (Å²) in [5.74, 6) is -3.00. The predicted octanol–water partition coefficient (Wildman–Crippen LogP) is 2.04. The lowest BCUT2D eigenvalue weighted by molar-refractivity contribution is -0.137. The highest BCUT2D eigenvalue weighted by Gasteiger charge is 2.23. The average Bonchev–Trinajstić information content (AvgIpc) is 2.84. The van der Waals surface area contributed by atoms with Gasteiger partial charge in [-0.2, -0.15) is 0 Å². The maximum absolute atomic E-state index is 13.4. The molecule has 0 saturated carbocycles. The molecule has 4 nitrogen and oxygen atoms in total. The average molecular weight is 270 g/mol. The van der Waals surface area contributed by atoms with Crippen LogP contribution >= 0.6 is 0 Å². The van der Waals surface area contributed by atoms with E-state index < -0.39 is 23.6 Å². The molecular weight excluding hydrogens is 254 g/mol. The Morgan fingerprint density at radius 2 is 1.89 bits per heavy atom. The van der Waals surface area contributed by atoms with Crippen molar-refractivity contribution in [2.75, 3.05) is 18.0 Å². The number of carboxylic acids is 1. The normalized spacial score (nSPS) is 16.7. The Labute approximate surface area is 109 Å². The van der Waals surface area contributed by atoms with E-state index in [1.165, 1.54) is 0 Å². The minimum Gasteiger partial charge on any atom is -0.481 e. The van der Waals surface area contributed by atoms with Gasteiger partial charge in [0.15, 0.2) is 11.6 Å². The van der Waals surface area contributed by atoms with E-state index in [-0.39, 0.29) is 6.42 Å². The molecule has 104 valence electrons. The van der Waals surface area contributed by atoms with Crippen LogP contribution in [0, 0.1) is 11.6 Å². The van der Waals surface area contributed by atoms with Crippen LogP contribution in [0.4, 0.5) is 14.5 Å². The van der Waals surface area contributed by atoms with Crippen LogP contribution in [-0.2, 0) is 4.79 Å². The van der Waals surface area contributed by atoms with Crippen LogP contribution in [0.15, 0.2) is 12.1 Å². The van der Waals surface area contributed by atoms with E-state index in [9.17, 15) is 13.6 Å². The summed E-state index contributed by atoms with van der Waals surface area (Å²) >= 11 is 0. The van der Waals surface area contributed by atoms with Crippen molar-refractivity contribution in [3.63, 3.8) is 0 Å². The summed E-state index contributed by atoms with van der Waals surface area (Å²) < 4.78 is 26.7. The molecule has 1 aliphatic heterocycles. The fourth-order valence-corrected chi connectivity index (χ4v) is 2.38. The Kier molecular flexibility index (Phi) is 3.99. The van der Waals surface area contributed by atoms with Gasteiger partial charge in [0, 0.05) is 30.9 Å². The molecule has 1 saturated heterocycles. The van der Waals surface area contributed by atoms with Crippen LogP contribution in [0.25, 0.3) is 0 Å². The first kappa shape index (κ1) is 13.7. The number of benzene rings is 1. The Morgan fingerprint density at radius 3 is 2.47 bits per heavy atom. The summed E-state index contributed by atoms with van der Waals surface area (Å²) in [4.78, 5) is 12.6. The molecule has 1 unspecified atom stereocenters. The minimum absolute atomic E-state index is 0.314. The lowest BCUT2D eigenvalue weighted by Crippen LogP contribution is -2.24. The highest BCUT2D eigenvalue weighted by atomic mass is 19.2. The van der Waals surface area contributed by atoms with Crippen molar-refractivity contribution in [2.45, 2.75) is 25.3 Å². The Balaban J connectivity index is 2.38. The van der Waals surface area contributed by atoms with E-state index in [4.69, 9.17) is 10.8 Å². The first-order valence-electron chi connectivity index (χ1n) is 6.20. The molecule has 1 heterocycles. The summed E-state index contributed by atoms with van der Waals surface area (Å²) in [5.41, 5.74) is 6.64. The van der Waals surface area contributed by atoms with Crippen LogP contribution in [0.3, 0.4) is 0 Å². The van der Waals surface area contributed by atoms with Crippen LogP contribution in [0.2, 0.25) is 0 Å². The number of nitrogens with zero attached hydrogens (tertiary/aromatic N) is 1. The van der Waals surface area contributed by atoms with E-state index in [2.05, 4.69) is 0 Å². The molecule has 19 heavy (non-hydrogen) atoms. The van der Waals surface area contributed by atoms with E-state index in [1.54, 1.807) is 0 Å². The number of nitrogens with two attached hydrogens (primary N) is 1. The molecule has 0 amide bonds. The highest BCUT2D eigenvalue weighted by molar-refractivity contribution is 5.69. The lowest BCUT2D eigenvalue weighted by Gasteiger charge is -2.24. The molecule has 1 aromatic carbocycles. The number of rotatable bonds is 4. The van der Waals surface area contributed by atoms with Gasteiger partial charge in [-0.25, -0.2) is 8.78 Å². The van der Waals surface area contributed by atoms with Crippen LogP contribution < -0.4 is 10.6 Å². The number of carbonyl (C=O) groups is 1. The van der Waals surface area contributed by atoms with Gasteiger partial charge < -0.3 is 15.7 Å². The third-order valence-corrected chi connectivity index (χ3v) is 3.31. The van der Waals surface area contributed by atoms with E-state index >= 15 is 0 Å². The molecule has 1 fully saturated rings. The number of anilines is 1. The van der Waals surface area contributed by atoms with Crippen LogP contribution in [-0.4, -0.2) is 24.2 Å². The molecule has 1 aliphatic rings. The van der Waals surface area contributed by atoms with Crippen molar-refractivity contribution < 1.29 is 18.7 Å². The quantitative estimate of drug-likeness (QED) is 0.878. The first-order valence-corrected chi connectivity index (χ1v) is 6.20. The smallest absolute Gasteiger partial charge is 0.305 e. The number of carboxylic acid groups (broad SMARTS) is 1. The monoisotopic (exact) mass is 270 g/mol. The Morgan fingerprint density at radius 1 is 1.32 bits per heavy atom. The van der Waals surface area contributed by atoms with Crippen molar-refractivity contribution in [2.24, 2.45) is 5.73 Å². The first-order chi connectivity index (χ1) is 8.99. The summed E-state index contributed by atoms with van der Waals surface area (Å²) in [7, 11) is 0. The topological polar surface area (TPSA) is 66.6 Å². The van der Waals surface area contributed by atoms with Crippen molar-refractivity contribution in [1.82, 2.24) is 0 Å². The van der Waals surface area contributed by atoms with Crippen molar-refractivity contribution in [3.05, 3.63) is 29.3 Å². The van der Waals surface area contributed by atoms with E-state index in [0.717, 1.165) is 38.1 Å². The molecule has 1 atom stereocenters. The summed E-state index contributed by atoms with van der Waals surface area (Å²) in [6.45, 7) is 1.50. The molecule has 6 heteroatoms. The zero-order chi connectivity index (χ0) is 14.0. The van der Waals surface area contributed by atoms with Crippen LogP contribution in [0.5, 0.6) is 0 Å². The predicted molar refractivity (Wildman–Crippen MR) is 67.0 cm³/mol. The summed E-state index contributed by atoms with van der Waals surface area (Å²) in [6, 6.07) is 1.28. The number of halogens is 2. The number of aliphatic carboxylic acids is 1. The molecule has 0 spiro atoms.